The summed E-state index contributed by atoms with van der Waals surface area (Å²) < 4.78 is 19.6. The highest BCUT2D eigenvalue weighted by atomic mass is 19.1. The number of halogens is 1. The Labute approximate surface area is 170 Å². The number of carbonyl (C=O) groups excluding carboxylic acids is 1. The fourth-order valence-electron chi connectivity index (χ4n) is 2.76. The molecule has 2 aromatic carbocycles. The van der Waals surface area contributed by atoms with E-state index in [-0.39, 0.29) is 28.8 Å². The van der Waals surface area contributed by atoms with Gasteiger partial charge in [0.05, 0.1) is 10.6 Å². The summed E-state index contributed by atoms with van der Waals surface area (Å²) in [5, 5.41) is 13.2. The maximum Gasteiger partial charge on any atom is 0.271 e. The number of anilines is 1. The third-order valence-corrected chi connectivity index (χ3v) is 4.45. The van der Waals surface area contributed by atoms with Gasteiger partial charge < -0.3 is 10.1 Å². The lowest BCUT2D eigenvalue weighted by Gasteiger charge is -2.27. The summed E-state index contributed by atoms with van der Waals surface area (Å²) in [5.74, 6) is -0.793. The summed E-state index contributed by atoms with van der Waals surface area (Å²) >= 11 is 0. The van der Waals surface area contributed by atoms with Crippen molar-refractivity contribution in [1.29, 1.82) is 0 Å². The van der Waals surface area contributed by atoms with Crippen molar-refractivity contribution in [1.82, 2.24) is 0 Å². The number of hydrogen-bond acceptors (Lipinski definition) is 4. The quantitative estimate of drug-likeness (QED) is 0.540. The minimum Gasteiger partial charge on any atom is -0.483 e. The van der Waals surface area contributed by atoms with E-state index in [0.29, 0.717) is 5.75 Å². The highest BCUT2D eigenvalue weighted by molar-refractivity contribution is 5.92. The van der Waals surface area contributed by atoms with E-state index in [1.165, 1.54) is 0 Å². The number of nitro benzene ring substituents is 1. The van der Waals surface area contributed by atoms with Crippen LogP contribution in [0.5, 0.6) is 5.75 Å². The van der Waals surface area contributed by atoms with Gasteiger partial charge in [-0.25, -0.2) is 4.39 Å². The van der Waals surface area contributed by atoms with Crippen LogP contribution in [0.2, 0.25) is 0 Å². The Kier molecular flexibility index (Phi) is 6.30. The van der Waals surface area contributed by atoms with Gasteiger partial charge in [-0.1, -0.05) is 53.7 Å². The maximum atomic E-state index is 13.9. The summed E-state index contributed by atoms with van der Waals surface area (Å²) in [7, 11) is 0. The van der Waals surface area contributed by atoms with Crippen LogP contribution < -0.4 is 10.1 Å². The van der Waals surface area contributed by atoms with Gasteiger partial charge in [0, 0.05) is 12.1 Å². The predicted octanol–water partition coefficient (Wildman–Crippen LogP) is 5.35. The zero-order valence-corrected chi connectivity index (χ0v) is 17.6. The number of nitrogens with one attached hydrogen (secondary N) is 1. The van der Waals surface area contributed by atoms with E-state index in [9.17, 15) is 19.3 Å². The van der Waals surface area contributed by atoms with Crippen LogP contribution in [0.4, 0.5) is 15.8 Å². The van der Waals surface area contributed by atoms with Crippen molar-refractivity contribution in [2.24, 2.45) is 0 Å². The van der Waals surface area contributed by atoms with Crippen LogP contribution in [-0.2, 0) is 15.6 Å². The largest absolute Gasteiger partial charge is 0.483 e. The number of non-ortho nitro benzene ring substituents is 1. The molecule has 0 fully saturated rings. The lowest BCUT2D eigenvalue weighted by atomic mass is 9.80. The predicted molar refractivity (Wildman–Crippen MR) is 111 cm³/mol. The molecule has 0 spiro atoms. The molecular formula is C22H27FN2O4. The molecule has 0 aliphatic rings. The van der Waals surface area contributed by atoms with Crippen LogP contribution >= 0.6 is 0 Å². The second-order valence-corrected chi connectivity index (χ2v) is 8.97. The standard InChI is InChI=1S/C22H27FN2O4/c1-21(2,3)14-7-10-19(16(11-14)22(4,5)6)29-13-20(26)24-18-12-15(25(27)28)8-9-17(18)23/h7-12H,13H2,1-6H3,(H,24,26). The number of carbonyl (C=O) groups is 1. The van der Waals surface area contributed by atoms with Gasteiger partial charge in [0.25, 0.3) is 11.6 Å². The molecule has 0 unspecified atom stereocenters. The van der Waals surface area contributed by atoms with Crippen molar-refractivity contribution in [3.63, 3.8) is 0 Å². The third kappa shape index (κ3) is 5.76. The van der Waals surface area contributed by atoms with Crippen molar-refractivity contribution >= 4 is 17.3 Å². The van der Waals surface area contributed by atoms with Gasteiger partial charge in [0.15, 0.2) is 6.61 Å². The molecule has 0 heterocycles. The van der Waals surface area contributed by atoms with Crippen molar-refractivity contribution < 1.29 is 18.8 Å². The van der Waals surface area contributed by atoms with Gasteiger partial charge in [-0.3, -0.25) is 14.9 Å². The van der Waals surface area contributed by atoms with Crippen molar-refractivity contribution in [2.75, 3.05) is 11.9 Å². The molecule has 156 valence electrons. The molecule has 0 atom stereocenters. The SMILES string of the molecule is CC(C)(C)c1ccc(OCC(=O)Nc2cc([N+](=O)[O-])ccc2F)c(C(C)(C)C)c1. The van der Waals surface area contributed by atoms with Gasteiger partial charge in [0.2, 0.25) is 0 Å². The molecule has 2 aromatic rings. The van der Waals surface area contributed by atoms with E-state index in [2.05, 4.69) is 52.9 Å². The topological polar surface area (TPSA) is 81.5 Å². The Hall–Kier alpha value is -2.96. The fourth-order valence-corrected chi connectivity index (χ4v) is 2.76. The zero-order chi connectivity index (χ0) is 22.0. The maximum absolute atomic E-state index is 13.9. The highest BCUT2D eigenvalue weighted by Gasteiger charge is 2.23. The van der Waals surface area contributed by atoms with Gasteiger partial charge in [-0.05, 0) is 34.1 Å². The van der Waals surface area contributed by atoms with Crippen molar-refractivity contribution in [2.45, 2.75) is 52.4 Å². The molecule has 7 heteroatoms. The average Bonchev–Trinajstić information content (AvgIpc) is 2.60. The number of rotatable bonds is 5. The third-order valence-electron chi connectivity index (χ3n) is 4.45. The Balaban J connectivity index is 2.18. The van der Waals surface area contributed by atoms with Crippen molar-refractivity contribution in [3.8, 4) is 5.75 Å². The molecule has 1 N–H and O–H groups in total. The second kappa shape index (κ2) is 8.19. The summed E-state index contributed by atoms with van der Waals surface area (Å²) in [6.45, 7) is 12.2. The summed E-state index contributed by atoms with van der Waals surface area (Å²) in [6.07, 6.45) is 0. The van der Waals surface area contributed by atoms with Crippen LogP contribution in [0.25, 0.3) is 0 Å². The van der Waals surface area contributed by atoms with E-state index in [1.807, 2.05) is 12.1 Å². The second-order valence-electron chi connectivity index (χ2n) is 8.97. The normalized spacial score (nSPS) is 11.8. The number of hydrogen-bond donors (Lipinski definition) is 1. The van der Waals surface area contributed by atoms with E-state index in [1.54, 1.807) is 0 Å². The minimum atomic E-state index is -0.756. The van der Waals surface area contributed by atoms with Crippen LogP contribution in [0.1, 0.15) is 52.7 Å². The molecule has 0 aliphatic carbocycles. The Morgan fingerprint density at radius 2 is 1.72 bits per heavy atom. The van der Waals surface area contributed by atoms with Crippen LogP contribution in [0.3, 0.4) is 0 Å². The number of amides is 1. The number of ether oxygens (including phenoxy) is 1. The molecule has 2 rings (SSSR count). The lowest BCUT2D eigenvalue weighted by Crippen LogP contribution is -2.23. The van der Waals surface area contributed by atoms with Crippen LogP contribution in [0.15, 0.2) is 36.4 Å². The highest BCUT2D eigenvalue weighted by Crippen LogP contribution is 2.35. The molecule has 1 amide bonds. The molecule has 0 radical (unpaired) electrons. The minimum absolute atomic E-state index is 0.0323. The van der Waals surface area contributed by atoms with E-state index < -0.39 is 16.6 Å². The average molecular weight is 402 g/mol. The zero-order valence-electron chi connectivity index (χ0n) is 17.6. The first-order chi connectivity index (χ1) is 13.3. The molecule has 0 saturated carbocycles. The van der Waals surface area contributed by atoms with Gasteiger partial charge in [-0.15, -0.1) is 0 Å². The van der Waals surface area contributed by atoms with E-state index in [4.69, 9.17) is 4.74 Å². The Morgan fingerprint density at radius 1 is 1.07 bits per heavy atom. The number of nitrogens with zero attached hydrogens (tertiary/aromatic N) is 1. The van der Waals surface area contributed by atoms with Crippen molar-refractivity contribution in [3.05, 3.63) is 63.5 Å². The Morgan fingerprint density at radius 3 is 2.28 bits per heavy atom. The summed E-state index contributed by atoms with van der Waals surface area (Å²) in [4.78, 5) is 22.4. The van der Waals surface area contributed by atoms with Crippen LogP contribution in [0, 0.1) is 15.9 Å². The molecule has 29 heavy (non-hydrogen) atoms. The molecule has 6 nitrogen and oxygen atoms in total. The monoisotopic (exact) mass is 402 g/mol. The first-order valence-corrected chi connectivity index (χ1v) is 9.30. The van der Waals surface area contributed by atoms with Gasteiger partial charge in [-0.2, -0.15) is 0 Å². The first-order valence-electron chi connectivity index (χ1n) is 9.30. The van der Waals surface area contributed by atoms with Crippen LogP contribution in [-0.4, -0.2) is 17.4 Å². The summed E-state index contributed by atoms with van der Waals surface area (Å²) in [6, 6.07) is 8.83. The van der Waals surface area contributed by atoms with E-state index >= 15 is 0 Å². The smallest absolute Gasteiger partial charge is 0.271 e. The fraction of sp³-hybridized carbons (Fsp3) is 0.409. The summed E-state index contributed by atoms with van der Waals surface area (Å²) in [5.41, 5.74) is 1.30. The van der Waals surface area contributed by atoms with E-state index in [0.717, 1.165) is 29.3 Å². The molecular weight excluding hydrogens is 375 g/mol. The molecule has 0 saturated heterocycles. The molecule has 0 aliphatic heterocycles. The molecule has 0 aromatic heterocycles. The van der Waals surface area contributed by atoms with Gasteiger partial charge in [0.1, 0.15) is 11.6 Å². The number of nitro groups is 1. The first kappa shape index (κ1) is 22.3. The molecule has 0 bridgehead atoms. The number of benzene rings is 2. The Bertz CT molecular complexity index is 927. The van der Waals surface area contributed by atoms with Gasteiger partial charge >= 0.3 is 0 Å². The lowest BCUT2D eigenvalue weighted by molar-refractivity contribution is -0.384.